The Bertz CT molecular complexity index is 171. The van der Waals surface area contributed by atoms with Crippen molar-refractivity contribution in [2.24, 2.45) is 0 Å². The zero-order valence-corrected chi connectivity index (χ0v) is 8.71. The van der Waals surface area contributed by atoms with Crippen LogP contribution in [0.15, 0.2) is 24.8 Å². The summed E-state index contributed by atoms with van der Waals surface area (Å²) in [6.07, 6.45) is 2.86. The number of hydrogen-bond donors (Lipinski definition) is 1. The van der Waals surface area contributed by atoms with Crippen molar-refractivity contribution in [3.63, 3.8) is 0 Å². The van der Waals surface area contributed by atoms with Gasteiger partial charge >= 0.3 is 5.97 Å². The van der Waals surface area contributed by atoms with Crippen LogP contribution in [0, 0.1) is 0 Å². The minimum absolute atomic E-state index is 0.245. The highest BCUT2D eigenvalue weighted by atomic mass is 16.4. The maximum Gasteiger partial charge on any atom is 0.330 e. The molecule has 0 aromatic rings. The molecule has 0 bridgehead atoms. The van der Waals surface area contributed by atoms with Crippen LogP contribution in [0.2, 0.25) is 0 Å². The second kappa shape index (κ2) is 9.00. The molecule has 1 N–H and O–H groups in total. The standard InChI is InChI=1S/C7H10O2.C3H9N/c1-3-4-5-6(2)7(8)9;1-4(2)3/h3H,1-2,4-5H2,(H,8,9);1-3H3. The molecular weight excluding hydrogens is 166 g/mol. The predicted octanol–water partition coefficient (Wildman–Crippen LogP) is 1.77. The van der Waals surface area contributed by atoms with E-state index in [1.807, 2.05) is 26.0 Å². The average molecular weight is 185 g/mol. The molecule has 0 rings (SSSR count). The van der Waals surface area contributed by atoms with E-state index in [4.69, 9.17) is 5.11 Å². The molecule has 0 radical (unpaired) electrons. The number of rotatable bonds is 4. The van der Waals surface area contributed by atoms with Crippen molar-refractivity contribution in [3.05, 3.63) is 24.8 Å². The molecule has 0 heterocycles. The smallest absolute Gasteiger partial charge is 0.330 e. The van der Waals surface area contributed by atoms with E-state index in [1.54, 1.807) is 6.08 Å². The van der Waals surface area contributed by atoms with Gasteiger partial charge in [0.25, 0.3) is 0 Å². The fourth-order valence-corrected chi connectivity index (χ4v) is 0.383. The number of carboxylic acid groups (broad SMARTS) is 1. The highest BCUT2D eigenvalue weighted by Crippen LogP contribution is 2.01. The first-order valence-electron chi connectivity index (χ1n) is 4.04. The summed E-state index contributed by atoms with van der Waals surface area (Å²) < 4.78 is 0. The van der Waals surface area contributed by atoms with E-state index in [9.17, 15) is 4.79 Å². The minimum atomic E-state index is -0.920. The van der Waals surface area contributed by atoms with Gasteiger partial charge in [-0.05, 0) is 34.0 Å². The Morgan fingerprint density at radius 3 is 2.08 bits per heavy atom. The monoisotopic (exact) mass is 185 g/mol. The van der Waals surface area contributed by atoms with Crippen LogP contribution in [0.3, 0.4) is 0 Å². The van der Waals surface area contributed by atoms with Crippen molar-refractivity contribution < 1.29 is 9.90 Å². The molecule has 0 aromatic carbocycles. The fourth-order valence-electron chi connectivity index (χ4n) is 0.383. The van der Waals surface area contributed by atoms with Crippen molar-refractivity contribution in [2.75, 3.05) is 21.1 Å². The summed E-state index contributed by atoms with van der Waals surface area (Å²) in [4.78, 5) is 12.1. The van der Waals surface area contributed by atoms with E-state index in [0.29, 0.717) is 12.8 Å². The maximum atomic E-state index is 10.1. The maximum absolute atomic E-state index is 10.1. The third-order valence-corrected chi connectivity index (χ3v) is 0.953. The summed E-state index contributed by atoms with van der Waals surface area (Å²) >= 11 is 0. The first-order valence-corrected chi connectivity index (χ1v) is 4.04. The van der Waals surface area contributed by atoms with E-state index < -0.39 is 5.97 Å². The van der Waals surface area contributed by atoms with Crippen LogP contribution >= 0.6 is 0 Å². The molecule has 0 aliphatic heterocycles. The Kier molecular flexibility index (Phi) is 10.00. The summed E-state index contributed by atoms with van der Waals surface area (Å²) in [5.74, 6) is -0.920. The van der Waals surface area contributed by atoms with Gasteiger partial charge < -0.3 is 10.0 Å². The van der Waals surface area contributed by atoms with Crippen LogP contribution in [0.1, 0.15) is 12.8 Å². The van der Waals surface area contributed by atoms with Crippen LogP contribution in [-0.4, -0.2) is 37.1 Å². The summed E-state index contributed by atoms with van der Waals surface area (Å²) in [6, 6.07) is 0. The topological polar surface area (TPSA) is 40.5 Å². The Balaban J connectivity index is 0. The van der Waals surface area contributed by atoms with Crippen LogP contribution < -0.4 is 0 Å². The molecule has 0 atom stereocenters. The van der Waals surface area contributed by atoms with Gasteiger partial charge in [0.2, 0.25) is 0 Å². The quantitative estimate of drug-likeness (QED) is 0.536. The molecule has 0 aliphatic carbocycles. The SMILES string of the molecule is C=CCCC(=C)C(=O)O.CN(C)C. The summed E-state index contributed by atoms with van der Waals surface area (Å²) in [7, 11) is 6.00. The van der Waals surface area contributed by atoms with Crippen LogP contribution in [-0.2, 0) is 4.79 Å². The molecule has 3 nitrogen and oxygen atoms in total. The zero-order valence-electron chi connectivity index (χ0n) is 8.71. The van der Waals surface area contributed by atoms with Crippen molar-refractivity contribution in [1.29, 1.82) is 0 Å². The number of aliphatic carboxylic acids is 1. The van der Waals surface area contributed by atoms with Gasteiger partial charge in [0.05, 0.1) is 0 Å². The van der Waals surface area contributed by atoms with E-state index in [0.717, 1.165) is 0 Å². The molecule has 0 aromatic heterocycles. The molecule has 0 spiro atoms. The van der Waals surface area contributed by atoms with Crippen LogP contribution in [0.4, 0.5) is 0 Å². The largest absolute Gasteiger partial charge is 0.478 e. The predicted molar refractivity (Wildman–Crippen MR) is 55.8 cm³/mol. The van der Waals surface area contributed by atoms with E-state index >= 15 is 0 Å². The Morgan fingerprint density at radius 2 is 1.85 bits per heavy atom. The molecule has 0 unspecified atom stereocenters. The normalized spacial score (nSPS) is 8.62. The van der Waals surface area contributed by atoms with Gasteiger partial charge in [-0.1, -0.05) is 12.7 Å². The van der Waals surface area contributed by atoms with Gasteiger partial charge in [0, 0.05) is 5.57 Å². The highest BCUT2D eigenvalue weighted by Gasteiger charge is 1.99. The Morgan fingerprint density at radius 1 is 1.46 bits per heavy atom. The van der Waals surface area contributed by atoms with Crippen LogP contribution in [0.5, 0.6) is 0 Å². The number of carboxylic acids is 1. The summed E-state index contributed by atoms with van der Waals surface area (Å²) in [5, 5.41) is 8.27. The third-order valence-electron chi connectivity index (χ3n) is 0.953. The van der Waals surface area contributed by atoms with Crippen molar-refractivity contribution in [2.45, 2.75) is 12.8 Å². The molecule has 3 heteroatoms. The molecule has 0 aliphatic rings. The molecule has 0 fully saturated rings. The third kappa shape index (κ3) is 18.1. The molecular formula is C10H19NO2. The number of hydrogen-bond acceptors (Lipinski definition) is 2. The van der Waals surface area contributed by atoms with Crippen molar-refractivity contribution >= 4 is 5.97 Å². The van der Waals surface area contributed by atoms with Gasteiger partial charge in [-0.25, -0.2) is 4.79 Å². The molecule has 13 heavy (non-hydrogen) atoms. The van der Waals surface area contributed by atoms with Crippen LogP contribution in [0.25, 0.3) is 0 Å². The van der Waals surface area contributed by atoms with Gasteiger partial charge in [-0.3, -0.25) is 0 Å². The van der Waals surface area contributed by atoms with Crippen molar-refractivity contribution in [1.82, 2.24) is 4.90 Å². The lowest BCUT2D eigenvalue weighted by atomic mass is 10.2. The molecule has 0 amide bonds. The van der Waals surface area contributed by atoms with Gasteiger partial charge in [-0.2, -0.15) is 0 Å². The van der Waals surface area contributed by atoms with E-state index in [2.05, 4.69) is 13.2 Å². The molecule has 0 saturated heterocycles. The Hall–Kier alpha value is -1.09. The second-order valence-electron chi connectivity index (χ2n) is 3.08. The summed E-state index contributed by atoms with van der Waals surface area (Å²) in [6.45, 7) is 6.80. The molecule has 76 valence electrons. The van der Waals surface area contributed by atoms with Crippen molar-refractivity contribution in [3.8, 4) is 0 Å². The second-order valence-corrected chi connectivity index (χ2v) is 3.08. The van der Waals surface area contributed by atoms with E-state index in [1.165, 1.54) is 0 Å². The molecule has 0 saturated carbocycles. The number of nitrogens with zero attached hydrogens (tertiary/aromatic N) is 1. The fraction of sp³-hybridized carbons (Fsp3) is 0.500. The van der Waals surface area contributed by atoms with Gasteiger partial charge in [-0.15, -0.1) is 6.58 Å². The van der Waals surface area contributed by atoms with Gasteiger partial charge in [0.15, 0.2) is 0 Å². The lowest BCUT2D eigenvalue weighted by Crippen LogP contribution is -1.99. The average Bonchev–Trinajstić information content (AvgIpc) is 1.98. The lowest BCUT2D eigenvalue weighted by molar-refractivity contribution is -0.132. The number of allylic oxidation sites excluding steroid dienone is 1. The minimum Gasteiger partial charge on any atom is -0.478 e. The first-order chi connectivity index (χ1) is 5.91. The Labute approximate surface area is 80.4 Å². The zero-order chi connectivity index (χ0) is 10.9. The van der Waals surface area contributed by atoms with E-state index in [-0.39, 0.29) is 5.57 Å². The lowest BCUT2D eigenvalue weighted by Gasteiger charge is -1.93. The summed E-state index contributed by atoms with van der Waals surface area (Å²) in [5.41, 5.74) is 0.245. The first kappa shape index (κ1) is 14.4. The van der Waals surface area contributed by atoms with Gasteiger partial charge in [0.1, 0.15) is 0 Å². The highest BCUT2D eigenvalue weighted by molar-refractivity contribution is 5.85. The number of carbonyl (C=O) groups is 1.